The standard InChI is InChI=1S/C18H24N4O2S/c23-18-16-12-4-5-19-8-15(12)25-17(16)20-11-22(18)14-10-24-9-13(14)21-6-2-1-3-7-21/h11,13-14,19H,1-10H2/t13-,14-/m1/s1. The Hall–Kier alpha value is -1.28. The molecule has 0 amide bonds. The number of nitrogens with one attached hydrogen (secondary N) is 1. The fourth-order valence-corrected chi connectivity index (χ4v) is 5.71. The molecule has 3 aliphatic rings. The predicted molar refractivity (Wildman–Crippen MR) is 98.4 cm³/mol. The van der Waals surface area contributed by atoms with E-state index in [0.717, 1.165) is 49.4 Å². The zero-order valence-electron chi connectivity index (χ0n) is 14.4. The maximum atomic E-state index is 13.3. The van der Waals surface area contributed by atoms with Crippen LogP contribution < -0.4 is 10.9 Å². The Balaban J connectivity index is 1.55. The number of nitrogens with zero attached hydrogens (tertiary/aromatic N) is 3. The summed E-state index contributed by atoms with van der Waals surface area (Å²) in [5.41, 5.74) is 1.35. The van der Waals surface area contributed by atoms with Crippen LogP contribution in [0.4, 0.5) is 0 Å². The Morgan fingerprint density at radius 1 is 1.20 bits per heavy atom. The summed E-state index contributed by atoms with van der Waals surface area (Å²) < 4.78 is 7.67. The highest BCUT2D eigenvalue weighted by atomic mass is 32.1. The van der Waals surface area contributed by atoms with Gasteiger partial charge in [-0.2, -0.15) is 0 Å². The van der Waals surface area contributed by atoms with Crippen molar-refractivity contribution in [2.75, 3.05) is 32.8 Å². The van der Waals surface area contributed by atoms with Gasteiger partial charge < -0.3 is 10.1 Å². The maximum absolute atomic E-state index is 13.3. The zero-order valence-corrected chi connectivity index (χ0v) is 15.2. The van der Waals surface area contributed by atoms with Crippen molar-refractivity contribution in [3.8, 4) is 0 Å². The lowest BCUT2D eigenvalue weighted by Gasteiger charge is -2.34. The SMILES string of the molecule is O=c1c2c3c(sc2ncn1[C@@H]1COC[C@H]1N1CCCCC1)CNCC3. The summed E-state index contributed by atoms with van der Waals surface area (Å²) >= 11 is 1.67. The number of piperidine rings is 1. The van der Waals surface area contributed by atoms with Crippen LogP contribution >= 0.6 is 11.3 Å². The Morgan fingerprint density at radius 3 is 2.92 bits per heavy atom. The molecule has 0 radical (unpaired) electrons. The van der Waals surface area contributed by atoms with Crippen LogP contribution in [0.15, 0.2) is 11.1 Å². The van der Waals surface area contributed by atoms with Crippen molar-refractivity contribution in [2.24, 2.45) is 0 Å². The highest BCUT2D eigenvalue weighted by Crippen LogP contribution is 2.31. The molecule has 5 heterocycles. The van der Waals surface area contributed by atoms with Crippen molar-refractivity contribution in [3.05, 3.63) is 27.1 Å². The molecular formula is C18H24N4O2S. The molecule has 2 atom stereocenters. The van der Waals surface area contributed by atoms with E-state index in [2.05, 4.69) is 15.2 Å². The number of fused-ring (bicyclic) bond motifs is 3. The van der Waals surface area contributed by atoms with Crippen molar-refractivity contribution < 1.29 is 4.74 Å². The van der Waals surface area contributed by atoms with Gasteiger partial charge in [0, 0.05) is 11.4 Å². The van der Waals surface area contributed by atoms with E-state index in [1.165, 1.54) is 29.7 Å². The van der Waals surface area contributed by atoms with Crippen LogP contribution in [0.5, 0.6) is 0 Å². The molecule has 0 aliphatic carbocycles. The van der Waals surface area contributed by atoms with Crippen molar-refractivity contribution in [2.45, 2.75) is 44.3 Å². The van der Waals surface area contributed by atoms with Crippen molar-refractivity contribution in [1.82, 2.24) is 19.8 Å². The monoisotopic (exact) mass is 360 g/mol. The highest BCUT2D eigenvalue weighted by Gasteiger charge is 2.36. The third-order valence-electron chi connectivity index (χ3n) is 5.90. The fourth-order valence-electron chi connectivity index (χ4n) is 4.56. The topological polar surface area (TPSA) is 59.4 Å². The molecule has 5 rings (SSSR count). The van der Waals surface area contributed by atoms with Crippen molar-refractivity contribution in [1.29, 1.82) is 0 Å². The Bertz CT molecular complexity index is 839. The predicted octanol–water partition coefficient (Wildman–Crippen LogP) is 1.53. The first kappa shape index (κ1) is 15.9. The summed E-state index contributed by atoms with van der Waals surface area (Å²) in [6.07, 6.45) is 6.50. The second-order valence-electron chi connectivity index (χ2n) is 7.34. The minimum Gasteiger partial charge on any atom is -0.378 e. The van der Waals surface area contributed by atoms with Crippen LogP contribution in [0.3, 0.4) is 0 Å². The van der Waals surface area contributed by atoms with Gasteiger partial charge in [-0.05, 0) is 44.5 Å². The lowest BCUT2D eigenvalue weighted by molar-refractivity contribution is 0.122. The summed E-state index contributed by atoms with van der Waals surface area (Å²) in [6, 6.07) is 0.383. The van der Waals surface area contributed by atoms with Crippen LogP contribution in [-0.4, -0.2) is 53.3 Å². The summed E-state index contributed by atoms with van der Waals surface area (Å²) in [7, 11) is 0. The second-order valence-corrected chi connectivity index (χ2v) is 8.42. The third kappa shape index (κ3) is 2.65. The molecule has 1 N–H and O–H groups in total. The molecule has 0 bridgehead atoms. The van der Waals surface area contributed by atoms with Gasteiger partial charge in [-0.15, -0.1) is 11.3 Å². The molecular weight excluding hydrogens is 336 g/mol. The van der Waals surface area contributed by atoms with Gasteiger partial charge in [0.15, 0.2) is 0 Å². The fraction of sp³-hybridized carbons (Fsp3) is 0.667. The van der Waals surface area contributed by atoms with E-state index >= 15 is 0 Å². The van der Waals surface area contributed by atoms with Gasteiger partial charge in [0.05, 0.1) is 37.0 Å². The molecule has 25 heavy (non-hydrogen) atoms. The summed E-state index contributed by atoms with van der Waals surface area (Å²) in [5.74, 6) is 0. The van der Waals surface area contributed by atoms with E-state index in [9.17, 15) is 4.79 Å². The van der Waals surface area contributed by atoms with Crippen LogP contribution in [0.25, 0.3) is 10.2 Å². The number of rotatable bonds is 2. The van der Waals surface area contributed by atoms with Crippen LogP contribution in [0.2, 0.25) is 0 Å². The van der Waals surface area contributed by atoms with Crippen LogP contribution in [0, 0.1) is 0 Å². The molecule has 0 saturated carbocycles. The minimum absolute atomic E-state index is 0.0831. The molecule has 2 fully saturated rings. The third-order valence-corrected chi connectivity index (χ3v) is 7.04. The van der Waals surface area contributed by atoms with Gasteiger partial charge in [0.25, 0.3) is 5.56 Å². The number of thiophene rings is 1. The highest BCUT2D eigenvalue weighted by molar-refractivity contribution is 7.18. The number of aromatic nitrogens is 2. The molecule has 3 aliphatic heterocycles. The second kappa shape index (κ2) is 6.46. The van der Waals surface area contributed by atoms with E-state index in [0.29, 0.717) is 12.6 Å². The molecule has 2 saturated heterocycles. The zero-order chi connectivity index (χ0) is 16.8. The summed E-state index contributed by atoms with van der Waals surface area (Å²) in [6.45, 7) is 5.38. The largest absolute Gasteiger partial charge is 0.378 e. The van der Waals surface area contributed by atoms with E-state index in [1.807, 2.05) is 4.57 Å². The molecule has 134 valence electrons. The summed E-state index contributed by atoms with van der Waals surface area (Å²) in [4.78, 5) is 22.7. The first-order valence-corrected chi connectivity index (χ1v) is 10.2. The van der Waals surface area contributed by atoms with Crippen molar-refractivity contribution in [3.63, 3.8) is 0 Å². The van der Waals surface area contributed by atoms with Crippen LogP contribution in [0.1, 0.15) is 35.7 Å². The summed E-state index contributed by atoms with van der Waals surface area (Å²) in [5, 5.41) is 4.24. The first-order valence-electron chi connectivity index (χ1n) is 9.37. The lowest BCUT2D eigenvalue weighted by Crippen LogP contribution is -2.45. The van der Waals surface area contributed by atoms with Gasteiger partial charge in [0.2, 0.25) is 0 Å². The normalized spacial score (nSPS) is 27.7. The number of likely N-dealkylation sites (tertiary alicyclic amines) is 1. The van der Waals surface area contributed by atoms with E-state index in [4.69, 9.17) is 4.74 Å². The maximum Gasteiger partial charge on any atom is 0.262 e. The molecule has 7 heteroatoms. The molecule has 0 aromatic carbocycles. The van der Waals surface area contributed by atoms with Gasteiger partial charge in [-0.25, -0.2) is 4.98 Å². The molecule has 2 aromatic rings. The Labute approximate surface area is 150 Å². The number of hydrogen-bond acceptors (Lipinski definition) is 6. The van der Waals surface area contributed by atoms with Gasteiger partial charge in [0.1, 0.15) is 4.83 Å². The van der Waals surface area contributed by atoms with E-state index in [1.54, 1.807) is 17.7 Å². The number of ether oxygens (including phenoxy) is 1. The smallest absolute Gasteiger partial charge is 0.262 e. The van der Waals surface area contributed by atoms with Gasteiger partial charge in [-0.3, -0.25) is 14.3 Å². The van der Waals surface area contributed by atoms with E-state index in [-0.39, 0.29) is 11.6 Å². The van der Waals surface area contributed by atoms with Gasteiger partial charge in [-0.1, -0.05) is 6.42 Å². The number of hydrogen-bond donors (Lipinski definition) is 1. The Kier molecular flexibility index (Phi) is 4.12. The molecule has 2 aromatic heterocycles. The molecule has 0 unspecified atom stereocenters. The molecule has 6 nitrogen and oxygen atoms in total. The lowest BCUT2D eigenvalue weighted by atomic mass is 10.0. The minimum atomic E-state index is 0.0831. The van der Waals surface area contributed by atoms with Crippen LogP contribution in [-0.2, 0) is 17.7 Å². The first-order chi connectivity index (χ1) is 12.3. The average molecular weight is 360 g/mol. The quantitative estimate of drug-likeness (QED) is 0.880. The van der Waals surface area contributed by atoms with Gasteiger partial charge >= 0.3 is 0 Å². The Morgan fingerprint density at radius 2 is 2.04 bits per heavy atom. The van der Waals surface area contributed by atoms with Crippen molar-refractivity contribution >= 4 is 21.6 Å². The van der Waals surface area contributed by atoms with E-state index < -0.39 is 0 Å². The average Bonchev–Trinajstić information content (AvgIpc) is 3.27. The molecule has 0 spiro atoms.